The Morgan fingerprint density at radius 3 is 0.802 bits per heavy atom. The van der Waals surface area contributed by atoms with Gasteiger partial charge in [-0.1, -0.05) is 359 Å². The first-order chi connectivity index (χ1) is 57.5. The van der Waals surface area contributed by atoms with Gasteiger partial charge in [-0.15, -0.1) is 53.1 Å². The summed E-state index contributed by atoms with van der Waals surface area (Å²) in [5.74, 6) is 0. The van der Waals surface area contributed by atoms with Gasteiger partial charge in [0.25, 0.3) is 0 Å². The van der Waals surface area contributed by atoms with Crippen LogP contribution in [0.2, 0.25) is 0 Å². The zero-order valence-corrected chi connectivity index (χ0v) is 75.2. The van der Waals surface area contributed by atoms with E-state index in [1.165, 1.54) is 133 Å². The molecule has 3 aliphatic rings. The number of benzene rings is 12. The Balaban J connectivity index is 0.000000124. The van der Waals surface area contributed by atoms with Crippen LogP contribution in [0.5, 0.6) is 0 Å². The maximum atomic E-state index is 6.85. The molecule has 0 unspecified atom stereocenters. The standard InChI is InChI=1S/3C38H34NO.Ir/c3*1-7-23-15-17-28(33-22-25(19-20-39-33)37(2,3)4)36-34(23)29-13-10-12-26(35(29)40-36)24-16-18-32-30(21-24)27-11-8-9-14-31(27)38(32,5)6;/h3*8-16,18-22H,7H2,1-6H3;/q3*-1;+3. The number of para-hydroxylation sites is 3. The average Bonchev–Trinajstić information content (AvgIpc) is 1.58. The third kappa shape index (κ3) is 13.3. The molecule has 0 bridgehead atoms. The van der Waals surface area contributed by atoms with Crippen LogP contribution in [0, 0.1) is 18.2 Å². The first-order valence-electron chi connectivity index (χ1n) is 42.9. The summed E-state index contributed by atoms with van der Waals surface area (Å²) >= 11 is 0. The fraction of sp³-hybridized carbons (Fsp3) is 0.237. The molecule has 18 aromatic rings. The quantitative estimate of drug-likeness (QED) is 0.134. The van der Waals surface area contributed by atoms with Gasteiger partial charge >= 0.3 is 20.1 Å². The number of hydrogen-bond donors (Lipinski definition) is 0. The number of furan rings is 3. The van der Waals surface area contributed by atoms with E-state index in [-0.39, 0.29) is 52.6 Å². The first kappa shape index (κ1) is 80.2. The van der Waals surface area contributed by atoms with E-state index in [1.54, 1.807) is 0 Å². The second kappa shape index (κ2) is 29.8. The number of pyridine rings is 3. The number of hydrogen-bond acceptors (Lipinski definition) is 6. The Hall–Kier alpha value is -11.9. The molecule has 21 rings (SSSR count). The van der Waals surface area contributed by atoms with Gasteiger partial charge in [-0.25, -0.2) is 0 Å². The van der Waals surface area contributed by atoms with Crippen LogP contribution in [0.1, 0.15) is 191 Å². The Labute approximate surface area is 726 Å². The van der Waals surface area contributed by atoms with Crippen LogP contribution in [0.4, 0.5) is 0 Å². The van der Waals surface area contributed by atoms with Gasteiger partial charge in [-0.05, 0) is 170 Å². The van der Waals surface area contributed by atoms with E-state index in [0.717, 1.165) is 119 Å². The molecule has 0 atom stereocenters. The fourth-order valence-electron chi connectivity index (χ4n) is 19.6. The molecule has 6 nitrogen and oxygen atoms in total. The van der Waals surface area contributed by atoms with E-state index in [2.05, 4.69) is 379 Å². The van der Waals surface area contributed by atoms with Crippen LogP contribution < -0.4 is 0 Å². The van der Waals surface area contributed by atoms with Crippen molar-refractivity contribution in [3.8, 4) is 101 Å². The van der Waals surface area contributed by atoms with Crippen molar-refractivity contribution in [3.63, 3.8) is 0 Å². The van der Waals surface area contributed by atoms with Gasteiger partial charge in [0.05, 0.1) is 16.7 Å². The second-order valence-corrected chi connectivity index (χ2v) is 37.9. The summed E-state index contributed by atoms with van der Waals surface area (Å²) in [6, 6.07) is 96.7. The number of fused-ring (bicyclic) bond motifs is 18. The zero-order valence-electron chi connectivity index (χ0n) is 72.8. The Bertz CT molecular complexity index is 6530. The Kier molecular flexibility index (Phi) is 19.7. The third-order valence-electron chi connectivity index (χ3n) is 26.4. The summed E-state index contributed by atoms with van der Waals surface area (Å²) in [5, 5.41) is 6.95. The maximum Gasteiger partial charge on any atom is 3.00 e. The molecule has 6 aromatic heterocycles. The van der Waals surface area contributed by atoms with Crippen molar-refractivity contribution >= 4 is 65.8 Å². The van der Waals surface area contributed by atoms with E-state index in [9.17, 15) is 0 Å². The number of nitrogens with zero attached hydrogens (tertiary/aromatic N) is 3. The minimum Gasteiger partial charge on any atom is -0.500 e. The predicted molar refractivity (Wildman–Crippen MR) is 501 cm³/mol. The maximum absolute atomic E-state index is 6.85. The van der Waals surface area contributed by atoms with Crippen LogP contribution in [0.15, 0.2) is 268 Å². The van der Waals surface area contributed by atoms with Crippen LogP contribution >= 0.6 is 0 Å². The van der Waals surface area contributed by atoms with Crippen molar-refractivity contribution in [2.24, 2.45) is 0 Å². The molecular weight excluding hydrogens is 1650 g/mol. The first-order valence-corrected chi connectivity index (χ1v) is 42.9. The molecule has 6 heterocycles. The molecule has 0 amide bonds. The summed E-state index contributed by atoms with van der Waals surface area (Å²) in [7, 11) is 0. The van der Waals surface area contributed by atoms with Gasteiger partial charge in [-0.3, -0.25) is 0 Å². The van der Waals surface area contributed by atoms with Gasteiger partial charge in [0, 0.05) is 67.7 Å². The molecular formula is C114H102IrN3O3. The van der Waals surface area contributed by atoms with Crippen molar-refractivity contribution in [2.75, 3.05) is 0 Å². The topological polar surface area (TPSA) is 78.1 Å². The monoisotopic (exact) mass is 1750 g/mol. The van der Waals surface area contributed by atoms with Crippen molar-refractivity contribution in [1.82, 2.24) is 15.0 Å². The smallest absolute Gasteiger partial charge is 0.500 e. The Morgan fingerprint density at radius 2 is 0.537 bits per heavy atom. The van der Waals surface area contributed by atoms with Crippen LogP contribution in [-0.4, -0.2) is 15.0 Å². The van der Waals surface area contributed by atoms with E-state index in [4.69, 9.17) is 28.2 Å². The largest absolute Gasteiger partial charge is 3.00 e. The van der Waals surface area contributed by atoms with Crippen molar-refractivity contribution < 1.29 is 33.4 Å². The third-order valence-corrected chi connectivity index (χ3v) is 26.4. The van der Waals surface area contributed by atoms with Gasteiger partial charge in [-0.2, -0.15) is 0 Å². The normalized spacial score (nSPS) is 13.9. The average molecular weight is 1750 g/mol. The summed E-state index contributed by atoms with van der Waals surface area (Å²) < 4.78 is 20.6. The van der Waals surface area contributed by atoms with Crippen LogP contribution in [0.25, 0.3) is 166 Å². The molecule has 12 aromatic carbocycles. The summed E-state index contributed by atoms with van der Waals surface area (Å²) in [6.45, 7) is 40.6. The van der Waals surface area contributed by atoms with E-state index >= 15 is 0 Å². The molecule has 3 aliphatic carbocycles. The van der Waals surface area contributed by atoms with Gasteiger partial charge in [0.2, 0.25) is 0 Å². The summed E-state index contributed by atoms with van der Waals surface area (Å²) in [4.78, 5) is 14.3. The van der Waals surface area contributed by atoms with Crippen LogP contribution in [0.3, 0.4) is 0 Å². The van der Waals surface area contributed by atoms with Crippen molar-refractivity contribution in [3.05, 3.63) is 340 Å². The molecule has 0 saturated carbocycles. The van der Waals surface area contributed by atoms with Gasteiger partial charge < -0.3 is 28.2 Å². The van der Waals surface area contributed by atoms with E-state index in [1.807, 2.05) is 18.6 Å². The SMILES string of the molecule is CCc1c[c-]c(-c2cc(C(C)(C)C)ccn2)c2oc3c(-c4ccc5c(c4)-c4ccccc4C5(C)C)cccc3c12.CCc1c[c-]c(-c2cc(C(C)(C)C)ccn2)c2oc3c(-c4ccc5c(c4)-c4ccccc4C5(C)C)cccc3c12.CCc1c[c-]c(-c2cc(C(C)(C)C)ccn2)c2oc3c(-c4ccc5c(c4)-c4ccccc4C5(C)C)cccc3c12.[Ir+3]. The van der Waals surface area contributed by atoms with Crippen molar-refractivity contribution in [2.45, 2.75) is 176 Å². The number of aromatic nitrogens is 3. The van der Waals surface area contributed by atoms with Gasteiger partial charge in [0.15, 0.2) is 0 Å². The number of rotatable bonds is 9. The second-order valence-electron chi connectivity index (χ2n) is 37.9. The summed E-state index contributed by atoms with van der Waals surface area (Å²) in [6.07, 6.45) is 8.44. The van der Waals surface area contributed by atoms with Crippen molar-refractivity contribution in [1.29, 1.82) is 0 Å². The summed E-state index contributed by atoms with van der Waals surface area (Å²) in [5.41, 5.74) is 41.5. The Morgan fingerprint density at radius 1 is 0.281 bits per heavy atom. The molecule has 0 radical (unpaired) electrons. The fourth-order valence-corrected chi connectivity index (χ4v) is 19.6. The number of aryl methyl sites for hydroxylation is 3. The molecule has 7 heteroatoms. The molecule has 121 heavy (non-hydrogen) atoms. The molecule has 0 saturated heterocycles. The molecule has 600 valence electrons. The van der Waals surface area contributed by atoms with E-state index < -0.39 is 0 Å². The van der Waals surface area contributed by atoms with Crippen LogP contribution in [-0.2, 0) is 71.9 Å². The molecule has 0 fully saturated rings. The molecule has 0 spiro atoms. The van der Waals surface area contributed by atoms with Gasteiger partial charge in [0.1, 0.15) is 16.7 Å². The molecule has 0 aliphatic heterocycles. The minimum atomic E-state index is -0.00875. The predicted octanol–water partition coefficient (Wildman–Crippen LogP) is 30.8. The van der Waals surface area contributed by atoms with E-state index in [0.29, 0.717) is 0 Å². The molecule has 0 N–H and O–H groups in total. The minimum absolute atomic E-state index is 0. The zero-order chi connectivity index (χ0) is 83.4.